The Hall–Kier alpha value is 0.820. The molecule has 1 atom stereocenters. The van der Waals surface area contributed by atoms with Gasteiger partial charge in [0.25, 0.3) is 0 Å². The summed E-state index contributed by atoms with van der Waals surface area (Å²) in [4.78, 5) is 9.93. The highest BCUT2D eigenvalue weighted by molar-refractivity contribution is 9.09. The third-order valence-electron chi connectivity index (χ3n) is 1.11. The van der Waals surface area contributed by atoms with Gasteiger partial charge in [0.2, 0.25) is 0 Å². The predicted molar refractivity (Wildman–Crippen MR) is 51.9 cm³/mol. The molecular formula is C6H7BrCl3O2-. The Kier molecular flexibility index (Phi) is 5.91. The highest BCUT2D eigenvalue weighted by Gasteiger charge is 2.23. The quantitative estimate of drug-likeness (QED) is 0.745. The lowest BCUT2D eigenvalue weighted by atomic mass is 10.2. The van der Waals surface area contributed by atoms with Gasteiger partial charge in [-0.1, -0.05) is 50.7 Å². The van der Waals surface area contributed by atoms with Crippen LogP contribution >= 0.6 is 50.7 Å². The Bertz CT molecular complexity index is 157. The molecule has 0 aromatic carbocycles. The van der Waals surface area contributed by atoms with Crippen molar-refractivity contribution >= 4 is 56.7 Å². The molecule has 0 amide bonds. The van der Waals surface area contributed by atoms with Crippen molar-refractivity contribution in [1.82, 2.24) is 0 Å². The molecular weight excluding hydrogens is 290 g/mol. The number of aliphatic carboxylic acids is 1. The molecule has 0 aromatic heterocycles. The van der Waals surface area contributed by atoms with Crippen LogP contribution in [0.4, 0.5) is 0 Å². The number of rotatable bonds is 4. The molecule has 0 spiro atoms. The zero-order valence-electron chi connectivity index (χ0n) is 6.03. The molecule has 0 N–H and O–H groups in total. The van der Waals surface area contributed by atoms with Crippen LogP contribution in [0.2, 0.25) is 0 Å². The smallest absolute Gasteiger partial charge is 0.191 e. The molecule has 0 fully saturated rings. The van der Waals surface area contributed by atoms with E-state index in [1.807, 2.05) is 0 Å². The van der Waals surface area contributed by atoms with Crippen molar-refractivity contribution in [3.05, 3.63) is 0 Å². The van der Waals surface area contributed by atoms with Crippen molar-refractivity contribution in [1.29, 1.82) is 0 Å². The summed E-state index contributed by atoms with van der Waals surface area (Å²) in [6, 6.07) is 0. The maximum absolute atomic E-state index is 10.0. The normalized spacial score (nSPS) is 14.3. The van der Waals surface area contributed by atoms with E-state index in [-0.39, 0.29) is 17.7 Å². The number of alkyl halides is 4. The Balaban J connectivity index is 3.60. The second-order valence-electron chi connectivity index (χ2n) is 2.33. The summed E-state index contributed by atoms with van der Waals surface area (Å²) in [5.74, 6) is -1.09. The summed E-state index contributed by atoms with van der Waals surface area (Å²) in [5.41, 5.74) is 0. The van der Waals surface area contributed by atoms with Gasteiger partial charge in [0.05, 0.1) is 0 Å². The second kappa shape index (κ2) is 5.53. The van der Waals surface area contributed by atoms with Crippen LogP contribution in [-0.2, 0) is 4.79 Å². The van der Waals surface area contributed by atoms with Gasteiger partial charge < -0.3 is 9.90 Å². The van der Waals surface area contributed by atoms with Gasteiger partial charge in [-0.2, -0.15) is 0 Å². The number of carboxylic acids is 1. The van der Waals surface area contributed by atoms with Crippen molar-refractivity contribution in [3.8, 4) is 0 Å². The first-order valence-electron chi connectivity index (χ1n) is 3.22. The third kappa shape index (κ3) is 8.91. The van der Waals surface area contributed by atoms with Crippen molar-refractivity contribution in [2.75, 3.05) is 0 Å². The zero-order chi connectivity index (χ0) is 9.78. The fraction of sp³-hybridized carbons (Fsp3) is 0.833. The molecule has 72 valence electrons. The van der Waals surface area contributed by atoms with Crippen molar-refractivity contribution in [3.63, 3.8) is 0 Å². The fourth-order valence-electron chi connectivity index (χ4n) is 0.628. The van der Waals surface area contributed by atoms with E-state index in [4.69, 9.17) is 34.8 Å². The molecule has 0 aliphatic heterocycles. The molecule has 1 unspecified atom stereocenters. The summed E-state index contributed by atoms with van der Waals surface area (Å²) in [6.07, 6.45) is 0.651. The Labute approximate surface area is 94.3 Å². The minimum atomic E-state index is -1.33. The summed E-state index contributed by atoms with van der Waals surface area (Å²) >= 11 is 19.6. The van der Waals surface area contributed by atoms with Crippen LogP contribution in [-0.4, -0.2) is 14.6 Å². The van der Waals surface area contributed by atoms with E-state index >= 15 is 0 Å². The van der Waals surface area contributed by atoms with E-state index in [9.17, 15) is 9.90 Å². The summed E-state index contributed by atoms with van der Waals surface area (Å²) in [6.45, 7) is 0. The molecule has 0 heterocycles. The van der Waals surface area contributed by atoms with E-state index in [0.717, 1.165) is 0 Å². The lowest BCUT2D eigenvalue weighted by Gasteiger charge is -2.15. The van der Waals surface area contributed by atoms with Gasteiger partial charge in [-0.3, -0.25) is 0 Å². The second-order valence-corrected chi connectivity index (χ2v) is 6.14. The zero-order valence-corrected chi connectivity index (χ0v) is 9.88. The topological polar surface area (TPSA) is 40.1 Å². The number of carbonyl (C=O) groups is 1. The highest BCUT2D eigenvalue weighted by atomic mass is 79.9. The average molecular weight is 297 g/mol. The van der Waals surface area contributed by atoms with Crippen LogP contribution < -0.4 is 5.11 Å². The summed E-state index contributed by atoms with van der Waals surface area (Å²) in [7, 11) is 0. The molecule has 6 heteroatoms. The van der Waals surface area contributed by atoms with E-state index in [1.165, 1.54) is 0 Å². The Morgan fingerprint density at radius 3 is 2.33 bits per heavy atom. The summed E-state index contributed by atoms with van der Waals surface area (Å²) < 4.78 is -1.33. The maximum atomic E-state index is 10.0. The molecule has 0 saturated heterocycles. The first-order chi connectivity index (χ1) is 5.31. The fourth-order valence-corrected chi connectivity index (χ4v) is 2.46. The summed E-state index contributed by atoms with van der Waals surface area (Å²) in [5, 5.41) is 10.0. The van der Waals surface area contributed by atoms with Crippen molar-refractivity contribution in [2.24, 2.45) is 0 Å². The minimum absolute atomic E-state index is 0.0311. The lowest BCUT2D eigenvalue weighted by molar-refractivity contribution is -0.305. The van der Waals surface area contributed by atoms with E-state index in [0.29, 0.717) is 6.42 Å². The molecule has 0 rings (SSSR count). The average Bonchev–Trinajstić information content (AvgIpc) is 1.79. The van der Waals surface area contributed by atoms with Gasteiger partial charge in [0.1, 0.15) is 0 Å². The lowest BCUT2D eigenvalue weighted by Crippen LogP contribution is -2.23. The van der Waals surface area contributed by atoms with E-state index in [2.05, 4.69) is 15.9 Å². The SMILES string of the molecule is O=C([O-])CCC(Br)CC(Cl)(Cl)Cl. The van der Waals surface area contributed by atoms with Gasteiger partial charge in [-0.25, -0.2) is 0 Å². The molecule has 0 aliphatic carbocycles. The maximum Gasteiger partial charge on any atom is 0.191 e. The van der Waals surface area contributed by atoms with Crippen LogP contribution in [0.15, 0.2) is 0 Å². The van der Waals surface area contributed by atoms with Gasteiger partial charge in [0.15, 0.2) is 3.79 Å². The number of hydrogen-bond donors (Lipinski definition) is 0. The van der Waals surface area contributed by atoms with E-state index in [1.54, 1.807) is 0 Å². The van der Waals surface area contributed by atoms with E-state index < -0.39 is 9.76 Å². The monoisotopic (exact) mass is 295 g/mol. The van der Waals surface area contributed by atoms with Crippen LogP contribution in [0.25, 0.3) is 0 Å². The number of hydrogen-bond acceptors (Lipinski definition) is 2. The molecule has 12 heavy (non-hydrogen) atoms. The highest BCUT2D eigenvalue weighted by Crippen LogP contribution is 2.34. The van der Waals surface area contributed by atoms with Gasteiger partial charge in [-0.15, -0.1) is 0 Å². The van der Waals surface area contributed by atoms with Gasteiger partial charge in [0, 0.05) is 17.2 Å². The Morgan fingerprint density at radius 1 is 1.50 bits per heavy atom. The van der Waals surface area contributed by atoms with Crippen LogP contribution in [0.1, 0.15) is 19.3 Å². The minimum Gasteiger partial charge on any atom is -0.550 e. The van der Waals surface area contributed by atoms with Crippen LogP contribution in [0.5, 0.6) is 0 Å². The first-order valence-corrected chi connectivity index (χ1v) is 5.27. The predicted octanol–water partition coefficient (Wildman–Crippen LogP) is 2.04. The molecule has 0 radical (unpaired) electrons. The van der Waals surface area contributed by atoms with Crippen LogP contribution in [0, 0.1) is 0 Å². The Morgan fingerprint density at radius 2 is 2.00 bits per heavy atom. The third-order valence-corrected chi connectivity index (χ3v) is 2.36. The number of halogens is 4. The largest absolute Gasteiger partial charge is 0.550 e. The molecule has 0 aliphatic rings. The molecule has 0 saturated carbocycles. The first kappa shape index (κ1) is 12.8. The van der Waals surface area contributed by atoms with Crippen LogP contribution in [0.3, 0.4) is 0 Å². The van der Waals surface area contributed by atoms with Gasteiger partial charge in [-0.05, 0) is 12.8 Å². The van der Waals surface area contributed by atoms with Crippen molar-refractivity contribution < 1.29 is 9.90 Å². The number of carbonyl (C=O) groups excluding carboxylic acids is 1. The van der Waals surface area contributed by atoms with Crippen molar-refractivity contribution in [2.45, 2.75) is 27.9 Å². The molecule has 0 aromatic rings. The molecule has 2 nitrogen and oxygen atoms in total. The standard InChI is InChI=1S/C6H8BrCl3O2/c7-4(1-2-5(11)12)3-6(8,9)10/h4H,1-3H2,(H,11,12)/p-1. The molecule has 0 bridgehead atoms. The number of carboxylic acid groups (broad SMARTS) is 1. The van der Waals surface area contributed by atoms with Gasteiger partial charge >= 0.3 is 0 Å².